The van der Waals surface area contributed by atoms with E-state index in [0.29, 0.717) is 46.4 Å². The van der Waals surface area contributed by atoms with Crippen LogP contribution in [-0.2, 0) is 10.0 Å². The highest BCUT2D eigenvalue weighted by Crippen LogP contribution is 2.63. The summed E-state index contributed by atoms with van der Waals surface area (Å²) in [6.45, 7) is 0. The number of benzene rings is 4. The Morgan fingerprint density at radius 2 is 1.57 bits per heavy atom. The molecule has 2 bridgehead atoms. The number of nitrogens with one attached hydrogen (secondary N) is 3. The lowest BCUT2D eigenvalue weighted by Crippen LogP contribution is -2.35. The van der Waals surface area contributed by atoms with E-state index < -0.39 is 10.0 Å². The van der Waals surface area contributed by atoms with E-state index >= 15 is 0 Å². The van der Waals surface area contributed by atoms with Gasteiger partial charge in [-0.25, -0.2) is 8.42 Å². The molecule has 2 fully saturated rings. The summed E-state index contributed by atoms with van der Waals surface area (Å²) in [6.07, 6.45) is 3.80. The predicted molar refractivity (Wildman–Crippen MR) is 165 cm³/mol. The molecule has 4 aromatic rings. The van der Waals surface area contributed by atoms with Crippen molar-refractivity contribution in [2.75, 3.05) is 22.5 Å². The number of amides is 1. The highest BCUT2D eigenvalue weighted by molar-refractivity contribution is 7.92. The number of anilines is 3. The fraction of sp³-hybridized carbons (Fsp3) is 0.265. The van der Waals surface area contributed by atoms with Gasteiger partial charge in [0, 0.05) is 22.6 Å². The molecule has 7 rings (SSSR count). The average molecular weight is 580 g/mol. The van der Waals surface area contributed by atoms with Crippen molar-refractivity contribution >= 4 is 33.0 Å². The van der Waals surface area contributed by atoms with E-state index in [1.54, 1.807) is 43.5 Å². The molecule has 0 saturated heterocycles. The van der Waals surface area contributed by atoms with Gasteiger partial charge in [-0.15, -0.1) is 0 Å². The lowest BCUT2D eigenvalue weighted by molar-refractivity contribution is 0.102. The second kappa shape index (κ2) is 10.5. The molecule has 2 aliphatic carbocycles. The van der Waals surface area contributed by atoms with Crippen LogP contribution >= 0.6 is 0 Å². The van der Waals surface area contributed by atoms with Crippen LogP contribution in [0.5, 0.6) is 5.75 Å². The molecule has 1 heterocycles. The molecular formula is C34H33N3O4S. The Balaban J connectivity index is 1.08. The SMILES string of the molecule is COc1ccc(NS(=O)(=O)c2ccc(NC(=O)c3ccc4c(c3)[C@@H]3[C@H]5CC[C@@H](C5)[C@@H]3[C@H](c3ccccc3)N4)cc2)cc1. The van der Waals surface area contributed by atoms with Gasteiger partial charge in [0.05, 0.1) is 18.0 Å². The minimum Gasteiger partial charge on any atom is -0.497 e. The number of fused-ring (bicyclic) bond motifs is 7. The van der Waals surface area contributed by atoms with Gasteiger partial charge >= 0.3 is 0 Å². The van der Waals surface area contributed by atoms with Gasteiger partial charge in [0.1, 0.15) is 5.75 Å². The third kappa shape index (κ3) is 4.79. The van der Waals surface area contributed by atoms with Gasteiger partial charge in [-0.3, -0.25) is 9.52 Å². The Kier molecular flexibility index (Phi) is 6.66. The number of carbonyl (C=O) groups excluding carboxylic acids is 1. The Labute approximate surface area is 246 Å². The Morgan fingerprint density at radius 3 is 2.31 bits per heavy atom. The number of ether oxygens (including phenoxy) is 1. The summed E-state index contributed by atoms with van der Waals surface area (Å²) in [5, 5.41) is 6.77. The van der Waals surface area contributed by atoms with Crippen LogP contribution in [0.4, 0.5) is 17.1 Å². The van der Waals surface area contributed by atoms with Gasteiger partial charge in [-0.2, -0.15) is 0 Å². The van der Waals surface area contributed by atoms with Crippen LogP contribution in [0.3, 0.4) is 0 Å². The lowest BCUT2D eigenvalue weighted by atomic mass is 9.68. The second-order valence-corrected chi connectivity index (χ2v) is 13.3. The number of carbonyl (C=O) groups is 1. The topological polar surface area (TPSA) is 96.5 Å². The van der Waals surface area contributed by atoms with Crippen molar-refractivity contribution in [1.82, 2.24) is 0 Å². The molecule has 2 saturated carbocycles. The van der Waals surface area contributed by atoms with E-state index in [-0.39, 0.29) is 16.8 Å². The van der Waals surface area contributed by atoms with Crippen LogP contribution in [-0.4, -0.2) is 21.4 Å². The zero-order valence-corrected chi connectivity index (χ0v) is 24.1. The molecule has 7 nitrogen and oxygen atoms in total. The van der Waals surface area contributed by atoms with Gasteiger partial charge in [-0.05, 0) is 121 Å². The van der Waals surface area contributed by atoms with E-state index in [4.69, 9.17) is 4.74 Å². The third-order valence-corrected chi connectivity index (χ3v) is 10.7. The van der Waals surface area contributed by atoms with Crippen LogP contribution in [0.25, 0.3) is 0 Å². The van der Waals surface area contributed by atoms with E-state index in [1.807, 2.05) is 12.1 Å². The van der Waals surface area contributed by atoms with Crippen LogP contribution in [0.2, 0.25) is 0 Å². The smallest absolute Gasteiger partial charge is 0.261 e. The molecule has 1 aliphatic heterocycles. The van der Waals surface area contributed by atoms with Crippen molar-refractivity contribution in [2.45, 2.75) is 36.1 Å². The average Bonchev–Trinajstić information content (AvgIpc) is 3.65. The summed E-state index contributed by atoms with van der Waals surface area (Å²) in [4.78, 5) is 13.4. The third-order valence-electron chi connectivity index (χ3n) is 9.27. The van der Waals surface area contributed by atoms with Gasteiger partial charge < -0.3 is 15.4 Å². The van der Waals surface area contributed by atoms with E-state index in [0.717, 1.165) is 5.69 Å². The first-order valence-corrected chi connectivity index (χ1v) is 15.9. The van der Waals surface area contributed by atoms with Crippen molar-refractivity contribution in [3.63, 3.8) is 0 Å². The molecule has 0 spiro atoms. The van der Waals surface area contributed by atoms with Crippen molar-refractivity contribution in [3.8, 4) is 5.75 Å². The number of methoxy groups -OCH3 is 1. The molecule has 4 aromatic carbocycles. The van der Waals surface area contributed by atoms with Gasteiger partial charge in [0.15, 0.2) is 0 Å². The molecule has 8 heteroatoms. The minimum absolute atomic E-state index is 0.103. The molecule has 5 atom stereocenters. The zero-order chi connectivity index (χ0) is 28.8. The van der Waals surface area contributed by atoms with Crippen LogP contribution in [0, 0.1) is 17.8 Å². The van der Waals surface area contributed by atoms with Crippen molar-refractivity contribution < 1.29 is 17.9 Å². The summed E-state index contributed by atoms with van der Waals surface area (Å²) in [5.74, 6) is 2.76. The fourth-order valence-electron chi connectivity index (χ4n) is 7.41. The monoisotopic (exact) mass is 579 g/mol. The molecule has 214 valence electrons. The second-order valence-electron chi connectivity index (χ2n) is 11.6. The Bertz CT molecular complexity index is 1720. The van der Waals surface area contributed by atoms with Crippen molar-refractivity contribution in [2.24, 2.45) is 17.8 Å². The first-order valence-electron chi connectivity index (χ1n) is 14.4. The molecule has 3 aliphatic rings. The van der Waals surface area contributed by atoms with Crippen LogP contribution in [0.15, 0.2) is 102 Å². The molecule has 42 heavy (non-hydrogen) atoms. The summed E-state index contributed by atoms with van der Waals surface area (Å²) in [5.41, 5.74) is 5.26. The normalized spacial score (nSPS) is 23.8. The van der Waals surface area contributed by atoms with Crippen molar-refractivity contribution in [3.05, 3.63) is 114 Å². The largest absolute Gasteiger partial charge is 0.497 e. The first kappa shape index (κ1) is 26.6. The predicted octanol–water partition coefficient (Wildman–Crippen LogP) is 7.04. The fourth-order valence-corrected chi connectivity index (χ4v) is 8.47. The summed E-state index contributed by atoms with van der Waals surface area (Å²) in [7, 11) is -2.24. The van der Waals surface area contributed by atoms with Gasteiger partial charge in [-0.1, -0.05) is 30.3 Å². The molecule has 1 amide bonds. The van der Waals surface area contributed by atoms with Crippen molar-refractivity contribution in [1.29, 1.82) is 0 Å². The summed E-state index contributed by atoms with van der Waals surface area (Å²) >= 11 is 0. The van der Waals surface area contributed by atoms with Gasteiger partial charge in [0.25, 0.3) is 15.9 Å². The highest BCUT2D eigenvalue weighted by Gasteiger charge is 2.53. The highest BCUT2D eigenvalue weighted by atomic mass is 32.2. The quantitative estimate of drug-likeness (QED) is 0.218. The minimum atomic E-state index is -3.79. The van der Waals surface area contributed by atoms with E-state index in [1.165, 1.54) is 42.5 Å². The van der Waals surface area contributed by atoms with Crippen LogP contribution in [0.1, 0.15) is 52.7 Å². The molecule has 0 unspecified atom stereocenters. The zero-order valence-electron chi connectivity index (χ0n) is 23.3. The number of sulfonamides is 1. The van der Waals surface area contributed by atoms with E-state index in [9.17, 15) is 13.2 Å². The lowest BCUT2D eigenvalue weighted by Gasteiger charge is -2.43. The number of rotatable bonds is 7. The molecule has 0 radical (unpaired) electrons. The molecular weight excluding hydrogens is 546 g/mol. The van der Waals surface area contributed by atoms with Gasteiger partial charge in [0.2, 0.25) is 0 Å². The molecule has 3 N–H and O–H groups in total. The first-order chi connectivity index (χ1) is 20.4. The number of hydrogen-bond acceptors (Lipinski definition) is 5. The standard InChI is InChI=1S/C34H33N3O4S/c1-41-27-14-10-26(11-15-27)37-42(39,40)28-16-12-25(13-17-28)35-34(38)24-9-18-30-29(20-24)31-22-7-8-23(19-22)32(31)33(36-30)21-5-3-2-4-6-21/h2-6,9-18,20,22-23,31-33,36-37H,7-8,19H2,1H3,(H,35,38)/t22-,23-,31-,32-,33-/m0/s1. The molecule has 0 aromatic heterocycles. The maximum atomic E-state index is 13.3. The van der Waals surface area contributed by atoms with Crippen LogP contribution < -0.4 is 20.1 Å². The number of hydrogen-bond donors (Lipinski definition) is 3. The maximum Gasteiger partial charge on any atom is 0.261 e. The summed E-state index contributed by atoms with van der Waals surface area (Å²) < 4.78 is 33.4. The summed E-state index contributed by atoms with van der Waals surface area (Å²) in [6, 6.07) is 29.8. The Hall–Kier alpha value is -4.30. The maximum absolute atomic E-state index is 13.3. The Morgan fingerprint density at radius 1 is 0.857 bits per heavy atom. The van der Waals surface area contributed by atoms with E-state index in [2.05, 4.69) is 51.8 Å².